The number of hydrogen-bond acceptors (Lipinski definition) is 5. The number of nitrogens with zero attached hydrogens (tertiary/aromatic N) is 2. The molecular formula is C11H14N6OS2. The van der Waals surface area contributed by atoms with Crippen LogP contribution in [0.15, 0.2) is 22.3 Å². The Hall–Kier alpha value is -2.26. The van der Waals surface area contributed by atoms with Crippen molar-refractivity contribution < 1.29 is 5.11 Å². The quantitative estimate of drug-likeness (QED) is 0.302. The van der Waals surface area contributed by atoms with E-state index in [1.54, 1.807) is 12.1 Å². The molecule has 7 nitrogen and oxygen atoms in total. The van der Waals surface area contributed by atoms with Crippen molar-refractivity contribution in [3.05, 3.63) is 28.8 Å². The summed E-state index contributed by atoms with van der Waals surface area (Å²) in [4.78, 5) is 0. The summed E-state index contributed by atoms with van der Waals surface area (Å²) in [6, 6.07) is 3.50. The van der Waals surface area contributed by atoms with Crippen LogP contribution in [-0.4, -0.2) is 27.8 Å². The van der Waals surface area contributed by atoms with Gasteiger partial charge >= 0.3 is 0 Å². The maximum Gasteiger partial charge on any atom is 0.184 e. The van der Waals surface area contributed by atoms with Gasteiger partial charge in [0, 0.05) is 11.1 Å². The van der Waals surface area contributed by atoms with Gasteiger partial charge < -0.3 is 16.6 Å². The molecule has 0 spiro atoms. The number of phenols is 1. The lowest BCUT2D eigenvalue weighted by atomic mass is 10.1. The lowest BCUT2D eigenvalue weighted by Gasteiger charge is -2.05. The minimum Gasteiger partial charge on any atom is -0.507 e. The molecule has 0 atom stereocenters. The van der Waals surface area contributed by atoms with Crippen molar-refractivity contribution >= 4 is 47.1 Å². The van der Waals surface area contributed by atoms with Gasteiger partial charge in [-0.2, -0.15) is 10.2 Å². The topological polar surface area (TPSA) is 121 Å². The number of phenolic OH excluding ortho intramolecular Hbond substituents is 1. The van der Waals surface area contributed by atoms with Gasteiger partial charge in [0.1, 0.15) is 5.75 Å². The minimum absolute atomic E-state index is 0.0116. The number of nitrogens with one attached hydrogen (secondary N) is 2. The summed E-state index contributed by atoms with van der Waals surface area (Å²) in [5.74, 6) is 0.0116. The summed E-state index contributed by atoms with van der Waals surface area (Å²) in [6.07, 6.45) is 2.81. The van der Waals surface area contributed by atoms with Gasteiger partial charge in [0.25, 0.3) is 0 Å². The maximum absolute atomic E-state index is 10.1. The molecule has 0 aliphatic heterocycles. The van der Waals surface area contributed by atoms with Crippen LogP contribution in [-0.2, 0) is 0 Å². The molecule has 0 unspecified atom stereocenters. The van der Waals surface area contributed by atoms with Crippen molar-refractivity contribution in [3.8, 4) is 5.75 Å². The van der Waals surface area contributed by atoms with Crippen LogP contribution in [0.25, 0.3) is 0 Å². The Labute approximate surface area is 126 Å². The lowest BCUT2D eigenvalue weighted by molar-refractivity contribution is 0.473. The first-order valence-electron chi connectivity index (χ1n) is 5.40. The third kappa shape index (κ3) is 5.16. The fourth-order valence-corrected chi connectivity index (χ4v) is 1.47. The van der Waals surface area contributed by atoms with Gasteiger partial charge in [-0.3, -0.25) is 10.9 Å². The fourth-order valence-electron chi connectivity index (χ4n) is 1.36. The van der Waals surface area contributed by atoms with Gasteiger partial charge in [-0.25, -0.2) is 0 Å². The molecule has 20 heavy (non-hydrogen) atoms. The maximum atomic E-state index is 10.1. The monoisotopic (exact) mass is 310 g/mol. The number of thiocarbonyl (C=S) groups is 2. The highest BCUT2D eigenvalue weighted by Gasteiger charge is 2.05. The van der Waals surface area contributed by atoms with Crippen LogP contribution in [0.4, 0.5) is 0 Å². The van der Waals surface area contributed by atoms with E-state index in [1.165, 1.54) is 12.4 Å². The van der Waals surface area contributed by atoms with Crippen LogP contribution in [0.5, 0.6) is 5.75 Å². The standard InChI is InChI=1S/C11H14N6OS2/c1-6-2-7(4-14-16-10(12)19)9(18)8(3-6)5-15-17-11(13)20/h2-5,18H,1H3,(H3,12,16,19)(H3,13,17,20)/b14-4+,15-5+. The smallest absolute Gasteiger partial charge is 0.184 e. The first-order valence-corrected chi connectivity index (χ1v) is 6.22. The van der Waals surface area contributed by atoms with E-state index in [-0.39, 0.29) is 16.0 Å². The Morgan fingerprint density at radius 1 is 1.10 bits per heavy atom. The number of hydrogen-bond donors (Lipinski definition) is 5. The first kappa shape index (κ1) is 15.8. The molecule has 1 rings (SSSR count). The van der Waals surface area contributed by atoms with E-state index in [1.807, 2.05) is 6.92 Å². The summed E-state index contributed by atoms with van der Waals surface area (Å²) < 4.78 is 0. The predicted molar refractivity (Wildman–Crippen MR) is 87.9 cm³/mol. The number of hydrazone groups is 2. The Morgan fingerprint density at radius 2 is 1.50 bits per heavy atom. The molecule has 7 N–H and O–H groups in total. The molecule has 0 aliphatic carbocycles. The van der Waals surface area contributed by atoms with Crippen molar-refractivity contribution in [2.75, 3.05) is 0 Å². The highest BCUT2D eigenvalue weighted by Crippen LogP contribution is 2.21. The van der Waals surface area contributed by atoms with Crippen LogP contribution in [0.2, 0.25) is 0 Å². The summed E-state index contributed by atoms with van der Waals surface area (Å²) in [6.45, 7) is 1.87. The van der Waals surface area contributed by atoms with Gasteiger partial charge in [-0.05, 0) is 49.1 Å². The second kappa shape index (κ2) is 7.36. The molecule has 0 radical (unpaired) electrons. The van der Waals surface area contributed by atoms with Gasteiger partial charge in [-0.15, -0.1) is 0 Å². The van der Waals surface area contributed by atoms with E-state index in [0.29, 0.717) is 11.1 Å². The van der Waals surface area contributed by atoms with Gasteiger partial charge in [-0.1, -0.05) is 0 Å². The van der Waals surface area contributed by atoms with Crippen LogP contribution in [0.1, 0.15) is 16.7 Å². The molecule has 106 valence electrons. The molecular weight excluding hydrogens is 296 g/mol. The van der Waals surface area contributed by atoms with Crippen molar-refractivity contribution in [3.63, 3.8) is 0 Å². The summed E-state index contributed by atoms with van der Waals surface area (Å²) in [5.41, 5.74) is 17.2. The van der Waals surface area contributed by atoms with Crippen LogP contribution < -0.4 is 22.3 Å². The molecule has 0 saturated carbocycles. The molecule has 0 amide bonds. The zero-order valence-electron chi connectivity index (χ0n) is 10.6. The Balaban J connectivity index is 3.00. The van der Waals surface area contributed by atoms with Gasteiger partial charge in [0.05, 0.1) is 12.4 Å². The summed E-state index contributed by atoms with van der Waals surface area (Å²) in [5, 5.41) is 17.7. The third-order valence-electron chi connectivity index (χ3n) is 2.07. The molecule has 1 aromatic rings. The third-order valence-corrected chi connectivity index (χ3v) is 2.25. The Morgan fingerprint density at radius 3 is 1.85 bits per heavy atom. The predicted octanol–water partition coefficient (Wildman–Crippen LogP) is 0.0348. The van der Waals surface area contributed by atoms with E-state index in [0.717, 1.165) is 5.56 Å². The number of benzene rings is 1. The summed E-state index contributed by atoms with van der Waals surface area (Å²) >= 11 is 9.23. The Kier molecular flexibility index (Phi) is 5.81. The average Bonchev–Trinajstić information content (AvgIpc) is 2.33. The SMILES string of the molecule is Cc1cc(/C=N/NC(N)=S)c(O)c(/C=N/NC(N)=S)c1. The zero-order valence-corrected chi connectivity index (χ0v) is 12.3. The van der Waals surface area contributed by atoms with Crippen LogP contribution >= 0.6 is 24.4 Å². The molecule has 1 aromatic carbocycles. The lowest BCUT2D eigenvalue weighted by Crippen LogP contribution is -2.24. The molecule has 0 fully saturated rings. The number of nitrogens with two attached hydrogens (primary N) is 2. The van der Waals surface area contributed by atoms with E-state index >= 15 is 0 Å². The first-order chi connectivity index (χ1) is 9.40. The van der Waals surface area contributed by atoms with Gasteiger partial charge in [0.2, 0.25) is 0 Å². The highest BCUT2D eigenvalue weighted by atomic mass is 32.1. The number of aromatic hydroxyl groups is 1. The molecule has 0 aromatic heterocycles. The van der Waals surface area contributed by atoms with Crippen molar-refractivity contribution in [2.24, 2.45) is 21.7 Å². The molecule has 0 saturated heterocycles. The van der Waals surface area contributed by atoms with Crippen molar-refractivity contribution in [1.82, 2.24) is 10.9 Å². The van der Waals surface area contributed by atoms with Crippen LogP contribution in [0, 0.1) is 6.92 Å². The molecule has 0 aliphatic rings. The van der Waals surface area contributed by atoms with Gasteiger partial charge in [0.15, 0.2) is 10.2 Å². The normalized spacial score (nSPS) is 10.8. The van der Waals surface area contributed by atoms with E-state index in [2.05, 4.69) is 45.5 Å². The molecule has 9 heteroatoms. The zero-order chi connectivity index (χ0) is 15.1. The summed E-state index contributed by atoms with van der Waals surface area (Å²) in [7, 11) is 0. The molecule has 0 bridgehead atoms. The van der Waals surface area contributed by atoms with E-state index in [4.69, 9.17) is 11.5 Å². The van der Waals surface area contributed by atoms with Crippen LogP contribution in [0.3, 0.4) is 0 Å². The fraction of sp³-hybridized carbons (Fsp3) is 0.0909. The minimum atomic E-state index is 0.0116. The van der Waals surface area contributed by atoms with Crippen molar-refractivity contribution in [1.29, 1.82) is 0 Å². The van der Waals surface area contributed by atoms with Crippen molar-refractivity contribution in [2.45, 2.75) is 6.92 Å². The van der Waals surface area contributed by atoms with E-state index < -0.39 is 0 Å². The number of rotatable bonds is 4. The Bertz CT molecular complexity index is 537. The number of aryl methyl sites for hydroxylation is 1. The second-order valence-corrected chi connectivity index (χ2v) is 4.64. The highest BCUT2D eigenvalue weighted by molar-refractivity contribution is 7.80. The largest absolute Gasteiger partial charge is 0.507 e. The average molecular weight is 310 g/mol. The van der Waals surface area contributed by atoms with E-state index in [9.17, 15) is 5.11 Å². The molecule has 0 heterocycles. The second-order valence-electron chi connectivity index (χ2n) is 3.76.